The van der Waals surface area contributed by atoms with Gasteiger partial charge in [0.1, 0.15) is 5.82 Å². The maximum absolute atomic E-state index is 13.5. The molecular weight excluding hydrogens is 267 g/mol. The average molecular weight is 279 g/mol. The molecule has 94 valence electrons. The molecule has 2 unspecified atom stereocenters. The van der Waals surface area contributed by atoms with E-state index in [1.165, 1.54) is 6.07 Å². The third kappa shape index (κ3) is 3.40. The Hall–Kier alpha value is -0.650. The predicted octanol–water partition coefficient (Wildman–Crippen LogP) is 2.27. The minimum Gasteiger partial charge on any atom is -0.376 e. The molecule has 0 spiro atoms. The first-order valence-corrected chi connectivity index (χ1v) is 7.72. The van der Waals surface area contributed by atoms with Crippen LogP contribution in [-0.4, -0.2) is 26.9 Å². The molecule has 1 fully saturated rings. The van der Waals surface area contributed by atoms with E-state index in [-0.39, 0.29) is 17.5 Å². The topological polar surface area (TPSA) is 43.4 Å². The number of hydrogen-bond donors (Lipinski definition) is 0. The van der Waals surface area contributed by atoms with Gasteiger partial charge in [0.2, 0.25) is 9.05 Å². The molecule has 0 saturated carbocycles. The third-order valence-electron chi connectivity index (χ3n) is 2.81. The zero-order chi connectivity index (χ0) is 12.5. The lowest BCUT2D eigenvalue weighted by molar-refractivity contribution is 0.125. The zero-order valence-corrected chi connectivity index (χ0v) is 10.5. The van der Waals surface area contributed by atoms with E-state index < -0.39 is 15.2 Å². The van der Waals surface area contributed by atoms with E-state index in [4.69, 9.17) is 15.4 Å². The molecular formula is C11H12ClFO3S. The van der Waals surface area contributed by atoms with Gasteiger partial charge in [0.15, 0.2) is 0 Å². The van der Waals surface area contributed by atoms with Crippen LogP contribution in [0.4, 0.5) is 4.39 Å². The van der Waals surface area contributed by atoms with E-state index >= 15 is 0 Å². The van der Waals surface area contributed by atoms with E-state index in [1.54, 1.807) is 18.2 Å². The molecule has 0 radical (unpaired) electrons. The average Bonchev–Trinajstić information content (AvgIpc) is 2.64. The fourth-order valence-electron chi connectivity index (χ4n) is 2.07. The summed E-state index contributed by atoms with van der Waals surface area (Å²) in [5, 5.41) is 0. The van der Waals surface area contributed by atoms with Crippen molar-refractivity contribution in [2.75, 3.05) is 12.4 Å². The van der Waals surface area contributed by atoms with Gasteiger partial charge >= 0.3 is 0 Å². The van der Waals surface area contributed by atoms with Crippen molar-refractivity contribution in [3.05, 3.63) is 35.6 Å². The number of ether oxygens (including phenoxy) is 1. The zero-order valence-electron chi connectivity index (χ0n) is 8.97. The van der Waals surface area contributed by atoms with Crippen molar-refractivity contribution in [1.29, 1.82) is 0 Å². The van der Waals surface area contributed by atoms with Gasteiger partial charge < -0.3 is 4.74 Å². The van der Waals surface area contributed by atoms with E-state index in [9.17, 15) is 12.8 Å². The van der Waals surface area contributed by atoms with Crippen molar-refractivity contribution in [3.63, 3.8) is 0 Å². The van der Waals surface area contributed by atoms with Crippen LogP contribution in [0, 0.1) is 5.82 Å². The summed E-state index contributed by atoms with van der Waals surface area (Å²) in [6.45, 7) is 0.331. The van der Waals surface area contributed by atoms with Gasteiger partial charge in [-0.2, -0.15) is 0 Å². The summed E-state index contributed by atoms with van der Waals surface area (Å²) in [5.74, 6) is -0.602. The molecule has 0 aromatic heterocycles. The van der Waals surface area contributed by atoms with Crippen LogP contribution in [0.3, 0.4) is 0 Å². The lowest BCUT2D eigenvalue weighted by Crippen LogP contribution is -2.16. The second-order valence-electron chi connectivity index (χ2n) is 4.11. The molecule has 0 aliphatic carbocycles. The summed E-state index contributed by atoms with van der Waals surface area (Å²) in [5.41, 5.74) is 0.571. The standard InChI is InChI=1S/C11H12ClFO3S/c12-17(14,15)7-9-5-8(6-16-9)10-3-1-2-4-11(10)13/h1-4,8-9H,5-7H2. The summed E-state index contributed by atoms with van der Waals surface area (Å²) in [6, 6.07) is 6.46. The molecule has 6 heteroatoms. The molecule has 1 heterocycles. The Kier molecular flexibility index (Phi) is 3.70. The van der Waals surface area contributed by atoms with E-state index in [0.29, 0.717) is 18.6 Å². The first kappa shape index (κ1) is 12.8. The minimum absolute atomic E-state index is 0.0976. The number of rotatable bonds is 3. The van der Waals surface area contributed by atoms with Crippen LogP contribution in [0.15, 0.2) is 24.3 Å². The molecule has 0 amide bonds. The van der Waals surface area contributed by atoms with Gasteiger partial charge in [-0.1, -0.05) is 18.2 Å². The summed E-state index contributed by atoms with van der Waals surface area (Å²) in [6.07, 6.45) is 0.0366. The second-order valence-corrected chi connectivity index (χ2v) is 6.94. The van der Waals surface area contributed by atoms with Crippen LogP contribution in [0.2, 0.25) is 0 Å². The molecule has 2 atom stereocenters. The highest BCUT2D eigenvalue weighted by Gasteiger charge is 2.30. The van der Waals surface area contributed by atoms with Crippen molar-refractivity contribution in [2.45, 2.75) is 18.4 Å². The lowest BCUT2D eigenvalue weighted by atomic mass is 9.96. The van der Waals surface area contributed by atoms with E-state index in [2.05, 4.69) is 0 Å². The second kappa shape index (κ2) is 4.92. The Morgan fingerprint density at radius 3 is 2.76 bits per heavy atom. The third-order valence-corrected chi connectivity index (χ3v) is 3.96. The Morgan fingerprint density at radius 2 is 2.12 bits per heavy atom. The van der Waals surface area contributed by atoms with Crippen molar-refractivity contribution >= 4 is 19.7 Å². The molecule has 0 N–H and O–H groups in total. The maximum Gasteiger partial charge on any atom is 0.235 e. The predicted molar refractivity (Wildman–Crippen MR) is 63.1 cm³/mol. The van der Waals surface area contributed by atoms with Crippen molar-refractivity contribution in [1.82, 2.24) is 0 Å². The number of halogens is 2. The van der Waals surface area contributed by atoms with Crippen LogP contribution in [-0.2, 0) is 13.8 Å². The first-order chi connectivity index (χ1) is 7.96. The highest BCUT2D eigenvalue weighted by Crippen LogP contribution is 2.31. The fraction of sp³-hybridized carbons (Fsp3) is 0.455. The normalized spacial score (nSPS) is 25.1. The van der Waals surface area contributed by atoms with Gasteiger partial charge in [-0.15, -0.1) is 0 Å². The largest absolute Gasteiger partial charge is 0.376 e. The van der Waals surface area contributed by atoms with Gasteiger partial charge in [-0.05, 0) is 18.1 Å². The molecule has 3 nitrogen and oxygen atoms in total. The minimum atomic E-state index is -3.57. The quantitative estimate of drug-likeness (QED) is 0.797. The van der Waals surface area contributed by atoms with Crippen LogP contribution in [0.25, 0.3) is 0 Å². The van der Waals surface area contributed by atoms with Gasteiger partial charge in [-0.3, -0.25) is 0 Å². The van der Waals surface area contributed by atoms with E-state index in [1.807, 2.05) is 0 Å². The Morgan fingerprint density at radius 1 is 1.41 bits per heavy atom. The van der Waals surface area contributed by atoms with Crippen LogP contribution >= 0.6 is 10.7 Å². The van der Waals surface area contributed by atoms with Crippen molar-refractivity contribution in [2.24, 2.45) is 0 Å². The molecule has 1 aromatic carbocycles. The molecule has 1 aliphatic rings. The lowest BCUT2D eigenvalue weighted by Gasteiger charge is -2.09. The summed E-state index contributed by atoms with van der Waals surface area (Å²) in [4.78, 5) is 0. The molecule has 2 rings (SSSR count). The molecule has 0 bridgehead atoms. The first-order valence-electron chi connectivity index (χ1n) is 5.24. The Balaban J connectivity index is 2.06. The van der Waals surface area contributed by atoms with Crippen LogP contribution in [0.5, 0.6) is 0 Å². The Labute approximate surface area is 104 Å². The highest BCUT2D eigenvalue weighted by atomic mass is 35.7. The molecule has 1 saturated heterocycles. The van der Waals surface area contributed by atoms with Gasteiger partial charge in [0.05, 0.1) is 18.5 Å². The van der Waals surface area contributed by atoms with Crippen LogP contribution < -0.4 is 0 Å². The van der Waals surface area contributed by atoms with Crippen molar-refractivity contribution < 1.29 is 17.5 Å². The smallest absolute Gasteiger partial charge is 0.235 e. The fourth-order valence-corrected chi connectivity index (χ4v) is 3.16. The van der Waals surface area contributed by atoms with E-state index in [0.717, 1.165) is 0 Å². The van der Waals surface area contributed by atoms with Crippen LogP contribution in [0.1, 0.15) is 17.9 Å². The SMILES string of the molecule is O=S(=O)(Cl)CC1CC(c2ccccc2F)CO1. The highest BCUT2D eigenvalue weighted by molar-refractivity contribution is 8.13. The maximum atomic E-state index is 13.5. The van der Waals surface area contributed by atoms with Gasteiger partial charge in [0, 0.05) is 16.6 Å². The molecule has 1 aromatic rings. The summed E-state index contributed by atoms with van der Waals surface area (Å²) in [7, 11) is 1.59. The Bertz CT molecular complexity index is 503. The van der Waals surface area contributed by atoms with Crippen molar-refractivity contribution in [3.8, 4) is 0 Å². The number of benzene rings is 1. The van der Waals surface area contributed by atoms with Gasteiger partial charge in [-0.25, -0.2) is 12.8 Å². The molecule has 1 aliphatic heterocycles. The molecule has 17 heavy (non-hydrogen) atoms. The van der Waals surface area contributed by atoms with Gasteiger partial charge in [0.25, 0.3) is 0 Å². The monoisotopic (exact) mass is 278 g/mol. The summed E-state index contributed by atoms with van der Waals surface area (Å²) < 4.78 is 40.6. The summed E-state index contributed by atoms with van der Waals surface area (Å²) >= 11 is 0. The number of hydrogen-bond acceptors (Lipinski definition) is 3.